The summed E-state index contributed by atoms with van der Waals surface area (Å²) in [6.45, 7) is 6.34. The molecule has 1 aliphatic heterocycles. The molecule has 78 valence electrons. The molecule has 0 radical (unpaired) electrons. The van der Waals surface area contributed by atoms with E-state index < -0.39 is 0 Å². The number of nitrogens with zero attached hydrogens (tertiary/aromatic N) is 1. The lowest BCUT2D eigenvalue weighted by Crippen LogP contribution is -2.25. The highest BCUT2D eigenvalue weighted by atomic mass is 32.1. The van der Waals surface area contributed by atoms with Crippen LogP contribution in [0.3, 0.4) is 0 Å². The first-order valence-electron chi connectivity index (χ1n) is 5.66. The van der Waals surface area contributed by atoms with E-state index in [-0.39, 0.29) is 0 Å². The van der Waals surface area contributed by atoms with E-state index in [1.807, 2.05) is 0 Å². The maximum absolute atomic E-state index is 4.24. The molecule has 0 bridgehead atoms. The second kappa shape index (κ2) is 6.72. The monoisotopic (exact) mass is 201 g/mol. The number of likely N-dealkylation sites (tertiary alicyclic amines) is 1. The van der Waals surface area contributed by atoms with E-state index in [1.165, 1.54) is 51.7 Å². The molecule has 1 unspecified atom stereocenters. The smallest absolute Gasteiger partial charge is 0.00162 e. The minimum Gasteiger partial charge on any atom is -0.303 e. The largest absolute Gasteiger partial charge is 0.303 e. The SMILES string of the molecule is CC1CCCN(CCCCS)CC1. The van der Waals surface area contributed by atoms with Gasteiger partial charge in [-0.2, -0.15) is 12.6 Å². The number of hydrogen-bond acceptors (Lipinski definition) is 2. The van der Waals surface area contributed by atoms with Crippen molar-refractivity contribution in [3.8, 4) is 0 Å². The predicted molar refractivity (Wildman–Crippen MR) is 62.5 cm³/mol. The fourth-order valence-corrected chi connectivity index (χ4v) is 2.22. The van der Waals surface area contributed by atoms with Crippen LogP contribution >= 0.6 is 12.6 Å². The molecule has 0 N–H and O–H groups in total. The third kappa shape index (κ3) is 4.92. The fraction of sp³-hybridized carbons (Fsp3) is 1.00. The summed E-state index contributed by atoms with van der Waals surface area (Å²) < 4.78 is 0. The number of unbranched alkanes of at least 4 members (excludes halogenated alkanes) is 1. The van der Waals surface area contributed by atoms with Crippen molar-refractivity contribution in [3.63, 3.8) is 0 Å². The van der Waals surface area contributed by atoms with E-state index in [1.54, 1.807) is 0 Å². The molecule has 0 aliphatic carbocycles. The van der Waals surface area contributed by atoms with Crippen LogP contribution in [-0.2, 0) is 0 Å². The van der Waals surface area contributed by atoms with Gasteiger partial charge in [-0.15, -0.1) is 0 Å². The number of hydrogen-bond donors (Lipinski definition) is 1. The summed E-state index contributed by atoms with van der Waals surface area (Å²) >= 11 is 4.24. The van der Waals surface area contributed by atoms with E-state index in [0.29, 0.717) is 0 Å². The molecule has 1 fully saturated rings. The summed E-state index contributed by atoms with van der Waals surface area (Å²) in [5, 5.41) is 0. The van der Waals surface area contributed by atoms with Crippen LogP contribution in [0.2, 0.25) is 0 Å². The van der Waals surface area contributed by atoms with Crippen LogP contribution in [-0.4, -0.2) is 30.3 Å². The summed E-state index contributed by atoms with van der Waals surface area (Å²) in [5.41, 5.74) is 0. The second-order valence-electron chi connectivity index (χ2n) is 4.31. The normalized spacial score (nSPS) is 25.8. The van der Waals surface area contributed by atoms with Crippen LogP contribution in [0, 0.1) is 5.92 Å². The van der Waals surface area contributed by atoms with Crippen molar-refractivity contribution < 1.29 is 0 Å². The van der Waals surface area contributed by atoms with Gasteiger partial charge in [0.1, 0.15) is 0 Å². The van der Waals surface area contributed by atoms with Crippen LogP contribution in [0.4, 0.5) is 0 Å². The Balaban J connectivity index is 2.11. The lowest BCUT2D eigenvalue weighted by Gasteiger charge is -2.19. The zero-order valence-electron chi connectivity index (χ0n) is 8.84. The van der Waals surface area contributed by atoms with Crippen LogP contribution in [0.15, 0.2) is 0 Å². The third-order valence-corrected chi connectivity index (χ3v) is 3.31. The Hall–Kier alpha value is 0.310. The van der Waals surface area contributed by atoms with Gasteiger partial charge in [-0.3, -0.25) is 0 Å². The van der Waals surface area contributed by atoms with Gasteiger partial charge in [-0.1, -0.05) is 6.92 Å². The molecule has 1 aliphatic rings. The van der Waals surface area contributed by atoms with Gasteiger partial charge in [-0.05, 0) is 63.4 Å². The first kappa shape index (κ1) is 11.4. The molecule has 0 aromatic carbocycles. The molecule has 1 rings (SSSR count). The predicted octanol–water partition coefficient (Wildman–Crippen LogP) is 2.82. The molecule has 0 aromatic rings. The van der Waals surface area contributed by atoms with Crippen LogP contribution in [0.25, 0.3) is 0 Å². The molecule has 1 heterocycles. The highest BCUT2D eigenvalue weighted by Gasteiger charge is 2.12. The minimum absolute atomic E-state index is 0.954. The average Bonchev–Trinajstić information content (AvgIpc) is 2.32. The first-order valence-corrected chi connectivity index (χ1v) is 6.29. The van der Waals surface area contributed by atoms with Gasteiger partial charge in [0, 0.05) is 0 Å². The topological polar surface area (TPSA) is 3.24 Å². The standard InChI is InChI=1S/C11H23NS/c1-11-5-4-8-12(9-6-11)7-2-3-10-13/h11,13H,2-10H2,1H3. The van der Waals surface area contributed by atoms with Gasteiger partial charge in [0.2, 0.25) is 0 Å². The Morgan fingerprint density at radius 2 is 2.08 bits per heavy atom. The lowest BCUT2D eigenvalue weighted by molar-refractivity contribution is 0.278. The van der Waals surface area contributed by atoms with Crippen molar-refractivity contribution in [2.45, 2.75) is 39.0 Å². The molecule has 0 saturated carbocycles. The summed E-state index contributed by atoms with van der Waals surface area (Å²) in [6.07, 6.45) is 6.85. The fourth-order valence-electron chi connectivity index (χ4n) is 1.99. The van der Waals surface area contributed by atoms with E-state index in [9.17, 15) is 0 Å². The van der Waals surface area contributed by atoms with Crippen LogP contribution in [0.1, 0.15) is 39.0 Å². The molecule has 2 heteroatoms. The Morgan fingerprint density at radius 3 is 2.85 bits per heavy atom. The minimum atomic E-state index is 0.954. The van der Waals surface area contributed by atoms with Crippen molar-refractivity contribution in [2.75, 3.05) is 25.4 Å². The Labute approximate surface area is 88.3 Å². The Bertz CT molecular complexity index is 127. The van der Waals surface area contributed by atoms with Crippen molar-refractivity contribution in [1.29, 1.82) is 0 Å². The van der Waals surface area contributed by atoms with E-state index in [2.05, 4.69) is 24.5 Å². The maximum Gasteiger partial charge on any atom is -0.00162 e. The molecule has 13 heavy (non-hydrogen) atoms. The second-order valence-corrected chi connectivity index (χ2v) is 4.76. The molecule has 0 amide bonds. The van der Waals surface area contributed by atoms with Gasteiger partial charge >= 0.3 is 0 Å². The first-order chi connectivity index (χ1) is 6.33. The van der Waals surface area contributed by atoms with Crippen molar-refractivity contribution >= 4 is 12.6 Å². The Kier molecular flexibility index (Phi) is 5.88. The molecule has 1 nitrogen and oxygen atoms in total. The molecule has 0 spiro atoms. The number of rotatable bonds is 4. The zero-order chi connectivity index (χ0) is 9.52. The molecule has 0 aromatic heterocycles. The van der Waals surface area contributed by atoms with Crippen molar-refractivity contribution in [3.05, 3.63) is 0 Å². The average molecular weight is 201 g/mol. The number of thiol groups is 1. The molecular weight excluding hydrogens is 178 g/mol. The summed E-state index contributed by atoms with van der Waals surface area (Å²) in [4.78, 5) is 2.63. The highest BCUT2D eigenvalue weighted by Crippen LogP contribution is 2.16. The quantitative estimate of drug-likeness (QED) is 0.541. The summed E-state index contributed by atoms with van der Waals surface area (Å²) in [6, 6.07) is 0. The van der Waals surface area contributed by atoms with Crippen molar-refractivity contribution in [2.24, 2.45) is 5.92 Å². The summed E-state index contributed by atoms with van der Waals surface area (Å²) in [5.74, 6) is 2.00. The lowest BCUT2D eigenvalue weighted by atomic mass is 10.0. The molecule has 1 atom stereocenters. The van der Waals surface area contributed by atoms with Gasteiger partial charge in [-0.25, -0.2) is 0 Å². The Morgan fingerprint density at radius 1 is 1.23 bits per heavy atom. The van der Waals surface area contributed by atoms with E-state index in [0.717, 1.165) is 11.7 Å². The van der Waals surface area contributed by atoms with Crippen molar-refractivity contribution in [1.82, 2.24) is 4.90 Å². The van der Waals surface area contributed by atoms with Gasteiger partial charge in [0.05, 0.1) is 0 Å². The van der Waals surface area contributed by atoms with Gasteiger partial charge < -0.3 is 4.90 Å². The third-order valence-electron chi connectivity index (χ3n) is 2.99. The van der Waals surface area contributed by atoms with Crippen LogP contribution in [0.5, 0.6) is 0 Å². The maximum atomic E-state index is 4.24. The summed E-state index contributed by atoms with van der Waals surface area (Å²) in [7, 11) is 0. The van der Waals surface area contributed by atoms with Gasteiger partial charge in [0.25, 0.3) is 0 Å². The van der Waals surface area contributed by atoms with E-state index >= 15 is 0 Å². The zero-order valence-corrected chi connectivity index (χ0v) is 9.73. The highest BCUT2D eigenvalue weighted by molar-refractivity contribution is 7.80. The van der Waals surface area contributed by atoms with Gasteiger partial charge in [0.15, 0.2) is 0 Å². The molecule has 1 saturated heterocycles. The van der Waals surface area contributed by atoms with Crippen LogP contribution < -0.4 is 0 Å². The van der Waals surface area contributed by atoms with E-state index in [4.69, 9.17) is 0 Å². The molecular formula is C11H23NS.